The zero-order chi connectivity index (χ0) is 23.8. The quantitative estimate of drug-likeness (QED) is 0.347. The third-order valence-corrected chi connectivity index (χ3v) is 7.35. The Morgan fingerprint density at radius 2 is 1.59 bits per heavy atom. The predicted octanol–water partition coefficient (Wildman–Crippen LogP) is 5.96. The summed E-state index contributed by atoms with van der Waals surface area (Å²) in [4.78, 5) is 19.3. The van der Waals surface area contributed by atoms with Gasteiger partial charge in [0, 0.05) is 72.3 Å². The molecule has 0 unspecified atom stereocenters. The molecule has 0 spiro atoms. The molecule has 1 aromatic carbocycles. The van der Waals surface area contributed by atoms with Gasteiger partial charge < -0.3 is 4.90 Å². The molecule has 0 N–H and O–H groups in total. The number of halogens is 1. The minimum absolute atomic E-state index is 0.479. The summed E-state index contributed by atoms with van der Waals surface area (Å²) in [6.07, 6.45) is 8.01. The Morgan fingerprint density at radius 3 is 2.32 bits per heavy atom. The van der Waals surface area contributed by atoms with Crippen LogP contribution < -0.4 is 0 Å². The van der Waals surface area contributed by atoms with Crippen molar-refractivity contribution < 1.29 is 0 Å². The molecule has 1 fully saturated rings. The summed E-state index contributed by atoms with van der Waals surface area (Å²) in [5, 5.41) is 0. The summed E-state index contributed by atoms with van der Waals surface area (Å²) in [7, 11) is 0. The first-order valence-corrected chi connectivity index (χ1v) is 13.4. The molecule has 6 heteroatoms. The molecule has 3 heterocycles. The Kier molecular flexibility index (Phi) is 9.19. The fourth-order valence-electron chi connectivity index (χ4n) is 4.72. The van der Waals surface area contributed by atoms with Crippen LogP contribution in [0.4, 0.5) is 0 Å². The molecule has 0 bridgehead atoms. The minimum Gasteiger partial charge on any atom is -0.302 e. The van der Waals surface area contributed by atoms with Crippen molar-refractivity contribution in [3.05, 3.63) is 76.3 Å². The van der Waals surface area contributed by atoms with Gasteiger partial charge in [0.25, 0.3) is 0 Å². The molecule has 1 aliphatic rings. The van der Waals surface area contributed by atoms with Gasteiger partial charge in [0.05, 0.1) is 0 Å². The van der Waals surface area contributed by atoms with Crippen LogP contribution in [0.5, 0.6) is 0 Å². The highest BCUT2D eigenvalue weighted by molar-refractivity contribution is 9.10. The Bertz CT molecular complexity index is 1020. The molecule has 0 atom stereocenters. The maximum absolute atomic E-state index is 4.96. The molecule has 180 valence electrons. The van der Waals surface area contributed by atoms with E-state index in [-0.39, 0.29) is 0 Å². The van der Waals surface area contributed by atoms with E-state index >= 15 is 0 Å². The zero-order valence-electron chi connectivity index (χ0n) is 20.5. The van der Waals surface area contributed by atoms with Gasteiger partial charge in [-0.05, 0) is 68.2 Å². The number of nitrogens with zero attached hydrogens (tertiary/aromatic N) is 5. The number of pyridine rings is 1. The Balaban J connectivity index is 1.40. The fourth-order valence-corrected chi connectivity index (χ4v) is 4.98. The van der Waals surface area contributed by atoms with Crippen LogP contribution >= 0.6 is 15.9 Å². The van der Waals surface area contributed by atoms with Crippen LogP contribution in [0, 0.1) is 0 Å². The third kappa shape index (κ3) is 6.94. The van der Waals surface area contributed by atoms with Crippen LogP contribution in [0.1, 0.15) is 56.0 Å². The van der Waals surface area contributed by atoms with Gasteiger partial charge in [0.15, 0.2) is 5.82 Å². The SMILES string of the molecule is CCC(CC)c1cc(CCN2CCCN(Cc3ccc(Br)cc3)CC2)nc(-c2ccncc2)n1. The van der Waals surface area contributed by atoms with E-state index in [2.05, 4.69) is 74.9 Å². The van der Waals surface area contributed by atoms with Gasteiger partial charge in [-0.1, -0.05) is 41.9 Å². The fraction of sp³-hybridized carbons (Fsp3) is 0.464. The second-order valence-corrected chi connectivity index (χ2v) is 10.1. The molecular weight excluding hydrogens is 486 g/mol. The summed E-state index contributed by atoms with van der Waals surface area (Å²) < 4.78 is 1.14. The zero-order valence-corrected chi connectivity index (χ0v) is 22.0. The molecule has 0 radical (unpaired) electrons. The first kappa shape index (κ1) is 25.0. The largest absolute Gasteiger partial charge is 0.302 e. The van der Waals surface area contributed by atoms with E-state index in [4.69, 9.17) is 9.97 Å². The molecule has 4 rings (SSSR count). The number of rotatable bonds is 9. The Morgan fingerprint density at radius 1 is 0.882 bits per heavy atom. The van der Waals surface area contributed by atoms with Gasteiger partial charge in [-0.25, -0.2) is 9.97 Å². The summed E-state index contributed by atoms with van der Waals surface area (Å²) in [6, 6.07) is 15.0. The van der Waals surface area contributed by atoms with Crippen LogP contribution in [-0.4, -0.2) is 57.5 Å². The van der Waals surface area contributed by atoms with E-state index in [9.17, 15) is 0 Å². The summed E-state index contributed by atoms with van der Waals surface area (Å²) in [5.41, 5.74) is 4.76. The molecule has 0 amide bonds. The molecule has 3 aromatic rings. The molecule has 0 saturated carbocycles. The highest BCUT2D eigenvalue weighted by Gasteiger charge is 2.17. The highest BCUT2D eigenvalue weighted by Crippen LogP contribution is 2.25. The van der Waals surface area contributed by atoms with Crippen LogP contribution in [-0.2, 0) is 13.0 Å². The van der Waals surface area contributed by atoms with Crippen molar-refractivity contribution >= 4 is 15.9 Å². The van der Waals surface area contributed by atoms with Crippen molar-refractivity contribution in [2.75, 3.05) is 32.7 Å². The lowest BCUT2D eigenvalue weighted by atomic mass is 9.98. The monoisotopic (exact) mass is 521 g/mol. The average molecular weight is 523 g/mol. The molecule has 1 saturated heterocycles. The highest BCUT2D eigenvalue weighted by atomic mass is 79.9. The molecule has 5 nitrogen and oxygen atoms in total. The summed E-state index contributed by atoms with van der Waals surface area (Å²) in [5.74, 6) is 1.31. The van der Waals surface area contributed by atoms with Crippen LogP contribution in [0.25, 0.3) is 11.4 Å². The number of hydrogen-bond acceptors (Lipinski definition) is 5. The van der Waals surface area contributed by atoms with Gasteiger partial charge in [0.2, 0.25) is 0 Å². The van der Waals surface area contributed by atoms with Crippen LogP contribution in [0.15, 0.2) is 59.3 Å². The number of hydrogen-bond donors (Lipinski definition) is 0. The Labute approximate surface area is 212 Å². The minimum atomic E-state index is 0.479. The van der Waals surface area contributed by atoms with Crippen molar-refractivity contribution in [2.45, 2.75) is 52.0 Å². The summed E-state index contributed by atoms with van der Waals surface area (Å²) in [6.45, 7) is 11.1. The molecule has 34 heavy (non-hydrogen) atoms. The predicted molar refractivity (Wildman–Crippen MR) is 143 cm³/mol. The van der Waals surface area contributed by atoms with Gasteiger partial charge in [-0.3, -0.25) is 9.88 Å². The van der Waals surface area contributed by atoms with E-state index in [1.54, 1.807) is 0 Å². The average Bonchev–Trinajstić information content (AvgIpc) is 3.10. The van der Waals surface area contributed by atoms with Gasteiger partial charge in [0.1, 0.15) is 0 Å². The van der Waals surface area contributed by atoms with Gasteiger partial charge in [-0.15, -0.1) is 0 Å². The summed E-state index contributed by atoms with van der Waals surface area (Å²) >= 11 is 3.53. The lowest BCUT2D eigenvalue weighted by Crippen LogP contribution is -2.32. The molecule has 1 aliphatic heterocycles. The number of aromatic nitrogens is 3. The molecule has 2 aromatic heterocycles. The van der Waals surface area contributed by atoms with Crippen molar-refractivity contribution in [1.82, 2.24) is 24.8 Å². The van der Waals surface area contributed by atoms with Crippen molar-refractivity contribution in [3.63, 3.8) is 0 Å². The second kappa shape index (κ2) is 12.5. The van der Waals surface area contributed by atoms with E-state index in [0.29, 0.717) is 5.92 Å². The Hall–Kier alpha value is -2.15. The third-order valence-electron chi connectivity index (χ3n) is 6.83. The van der Waals surface area contributed by atoms with Crippen molar-refractivity contribution in [3.8, 4) is 11.4 Å². The normalized spacial score (nSPS) is 15.5. The topological polar surface area (TPSA) is 45.2 Å². The first-order valence-electron chi connectivity index (χ1n) is 12.6. The van der Waals surface area contributed by atoms with Crippen molar-refractivity contribution in [2.24, 2.45) is 0 Å². The van der Waals surface area contributed by atoms with E-state index in [0.717, 1.165) is 80.1 Å². The van der Waals surface area contributed by atoms with E-state index in [1.807, 2.05) is 24.5 Å². The first-order chi connectivity index (χ1) is 16.6. The number of benzene rings is 1. The van der Waals surface area contributed by atoms with Gasteiger partial charge >= 0.3 is 0 Å². The van der Waals surface area contributed by atoms with E-state index in [1.165, 1.54) is 17.7 Å². The van der Waals surface area contributed by atoms with Crippen LogP contribution in [0.3, 0.4) is 0 Å². The molecule has 0 aliphatic carbocycles. The lowest BCUT2D eigenvalue weighted by Gasteiger charge is -2.22. The van der Waals surface area contributed by atoms with Crippen molar-refractivity contribution in [1.29, 1.82) is 0 Å². The second-order valence-electron chi connectivity index (χ2n) is 9.20. The maximum Gasteiger partial charge on any atom is 0.159 e. The lowest BCUT2D eigenvalue weighted by molar-refractivity contribution is 0.252. The molecular formula is C28H36BrN5. The standard InChI is InChI=1S/C28H36BrN5/c1-3-23(4-2)27-20-26(31-28(32-27)24-10-13-30-14-11-24)12-17-33-15-5-16-34(19-18-33)21-22-6-8-25(29)9-7-22/h6-11,13-14,20,23H,3-5,12,15-19,21H2,1-2H3. The maximum atomic E-state index is 4.96. The van der Waals surface area contributed by atoms with Crippen LogP contribution in [0.2, 0.25) is 0 Å². The van der Waals surface area contributed by atoms with Gasteiger partial charge in [-0.2, -0.15) is 0 Å². The van der Waals surface area contributed by atoms with E-state index < -0.39 is 0 Å². The smallest absolute Gasteiger partial charge is 0.159 e.